The Balaban J connectivity index is 1.62. The molecule has 21 heavy (non-hydrogen) atoms. The van der Waals surface area contributed by atoms with Crippen molar-refractivity contribution < 1.29 is 9.90 Å². The molecule has 1 aliphatic carbocycles. The predicted octanol–water partition coefficient (Wildman–Crippen LogP) is 3.15. The van der Waals surface area contributed by atoms with Gasteiger partial charge in [0, 0.05) is 23.5 Å². The summed E-state index contributed by atoms with van der Waals surface area (Å²) in [6, 6.07) is 7.92. The Kier molecular flexibility index (Phi) is 4.36. The van der Waals surface area contributed by atoms with E-state index in [-0.39, 0.29) is 11.8 Å². The van der Waals surface area contributed by atoms with Crippen molar-refractivity contribution in [1.29, 1.82) is 0 Å². The third-order valence-electron chi connectivity index (χ3n) is 5.05. The smallest absolute Gasteiger partial charge is 0.227 e. The van der Waals surface area contributed by atoms with E-state index in [9.17, 15) is 9.90 Å². The number of piperidine rings is 1. The number of aliphatic hydroxyl groups is 1. The van der Waals surface area contributed by atoms with E-state index in [1.54, 1.807) is 0 Å². The van der Waals surface area contributed by atoms with Crippen molar-refractivity contribution in [2.45, 2.75) is 44.1 Å². The van der Waals surface area contributed by atoms with Gasteiger partial charge in [0.05, 0.1) is 12.0 Å². The summed E-state index contributed by atoms with van der Waals surface area (Å²) in [5.74, 6) is 0.457. The monoisotopic (exact) mass is 351 g/mol. The maximum atomic E-state index is 12.5. The van der Waals surface area contributed by atoms with Gasteiger partial charge < -0.3 is 10.0 Å². The van der Waals surface area contributed by atoms with Crippen LogP contribution in [0.3, 0.4) is 0 Å². The first-order valence-electron chi connectivity index (χ1n) is 7.81. The van der Waals surface area contributed by atoms with Crippen molar-refractivity contribution in [2.75, 3.05) is 13.1 Å². The highest BCUT2D eigenvalue weighted by molar-refractivity contribution is 9.10. The molecular weight excluding hydrogens is 330 g/mol. The zero-order chi connectivity index (χ0) is 14.9. The quantitative estimate of drug-likeness (QED) is 0.888. The van der Waals surface area contributed by atoms with Gasteiger partial charge in [0.2, 0.25) is 5.91 Å². The van der Waals surface area contributed by atoms with Crippen LogP contribution in [0.1, 0.15) is 37.7 Å². The maximum Gasteiger partial charge on any atom is 0.227 e. The van der Waals surface area contributed by atoms with Crippen LogP contribution in [0.4, 0.5) is 0 Å². The summed E-state index contributed by atoms with van der Waals surface area (Å²) in [4.78, 5) is 14.4. The highest BCUT2D eigenvalue weighted by atomic mass is 79.9. The largest absolute Gasteiger partial charge is 0.389 e. The molecule has 0 spiro atoms. The van der Waals surface area contributed by atoms with Crippen LogP contribution >= 0.6 is 15.9 Å². The Bertz CT molecular complexity index is 516. The average molecular weight is 352 g/mol. The van der Waals surface area contributed by atoms with E-state index in [1.807, 2.05) is 29.2 Å². The Morgan fingerprint density at radius 3 is 2.81 bits per heavy atom. The van der Waals surface area contributed by atoms with Gasteiger partial charge in [-0.05, 0) is 37.0 Å². The minimum atomic E-state index is -0.507. The third kappa shape index (κ3) is 3.32. The number of carbonyl (C=O) groups excluding carboxylic acids is 1. The number of rotatable bonds is 2. The van der Waals surface area contributed by atoms with Gasteiger partial charge >= 0.3 is 0 Å². The molecule has 2 aliphatic rings. The van der Waals surface area contributed by atoms with Crippen LogP contribution in [-0.2, 0) is 11.2 Å². The number of fused-ring (bicyclic) bond motifs is 1. The molecule has 4 heteroatoms. The van der Waals surface area contributed by atoms with Gasteiger partial charge in [0.15, 0.2) is 0 Å². The van der Waals surface area contributed by atoms with Crippen molar-refractivity contribution in [1.82, 2.24) is 4.90 Å². The van der Waals surface area contributed by atoms with Gasteiger partial charge in [-0.15, -0.1) is 0 Å². The maximum absolute atomic E-state index is 12.5. The van der Waals surface area contributed by atoms with Crippen LogP contribution in [0.25, 0.3) is 0 Å². The lowest BCUT2D eigenvalue weighted by Crippen LogP contribution is -2.54. The van der Waals surface area contributed by atoms with Crippen LogP contribution in [-0.4, -0.2) is 34.6 Å². The number of halogens is 1. The molecule has 0 aromatic heterocycles. The Morgan fingerprint density at radius 2 is 2.05 bits per heavy atom. The van der Waals surface area contributed by atoms with Crippen LogP contribution in [0.2, 0.25) is 0 Å². The van der Waals surface area contributed by atoms with Gasteiger partial charge in [0.1, 0.15) is 0 Å². The fourth-order valence-electron chi connectivity index (χ4n) is 3.69. The predicted molar refractivity (Wildman–Crippen MR) is 86.0 cm³/mol. The van der Waals surface area contributed by atoms with Crippen molar-refractivity contribution in [2.24, 2.45) is 5.92 Å². The summed E-state index contributed by atoms with van der Waals surface area (Å²) < 4.78 is 1.03. The Morgan fingerprint density at radius 1 is 1.29 bits per heavy atom. The van der Waals surface area contributed by atoms with E-state index in [0.717, 1.165) is 42.3 Å². The van der Waals surface area contributed by atoms with E-state index in [0.29, 0.717) is 13.0 Å². The summed E-state index contributed by atoms with van der Waals surface area (Å²) in [6.45, 7) is 1.42. The number of hydrogen-bond acceptors (Lipinski definition) is 2. The SMILES string of the molecule is O=C(Cc1ccc(Br)cc1)N1CCC2(O)CCCCC2C1. The molecule has 1 saturated heterocycles. The van der Waals surface area contributed by atoms with Crippen molar-refractivity contribution >= 4 is 21.8 Å². The topological polar surface area (TPSA) is 40.5 Å². The zero-order valence-electron chi connectivity index (χ0n) is 12.2. The van der Waals surface area contributed by atoms with Crippen molar-refractivity contribution in [3.63, 3.8) is 0 Å². The van der Waals surface area contributed by atoms with E-state index in [4.69, 9.17) is 0 Å². The number of benzene rings is 1. The highest BCUT2D eigenvalue weighted by Gasteiger charge is 2.43. The number of carbonyl (C=O) groups is 1. The molecule has 1 aromatic rings. The highest BCUT2D eigenvalue weighted by Crippen LogP contribution is 2.39. The Labute approximate surface area is 134 Å². The third-order valence-corrected chi connectivity index (χ3v) is 5.58. The minimum Gasteiger partial charge on any atom is -0.389 e. The van der Waals surface area contributed by atoms with Crippen molar-refractivity contribution in [3.05, 3.63) is 34.3 Å². The first-order valence-corrected chi connectivity index (χ1v) is 8.61. The molecule has 1 amide bonds. The molecule has 1 heterocycles. The first kappa shape index (κ1) is 15.0. The summed E-state index contributed by atoms with van der Waals surface area (Å²) in [5, 5.41) is 10.7. The number of likely N-dealkylation sites (tertiary alicyclic amines) is 1. The second-order valence-corrected chi connectivity index (χ2v) is 7.35. The number of hydrogen-bond donors (Lipinski definition) is 1. The Hall–Kier alpha value is -0.870. The summed E-state index contributed by atoms with van der Waals surface area (Å²) in [5.41, 5.74) is 0.541. The van der Waals surface area contributed by atoms with E-state index in [1.165, 1.54) is 6.42 Å². The lowest BCUT2D eigenvalue weighted by Gasteiger charge is -2.47. The molecule has 2 unspecified atom stereocenters. The molecule has 0 bridgehead atoms. The van der Waals surface area contributed by atoms with Gasteiger partial charge in [-0.2, -0.15) is 0 Å². The molecule has 1 aliphatic heterocycles. The molecule has 114 valence electrons. The van der Waals surface area contributed by atoms with Gasteiger partial charge in [-0.3, -0.25) is 4.79 Å². The molecule has 0 radical (unpaired) electrons. The lowest BCUT2D eigenvalue weighted by molar-refractivity contribution is -0.142. The molecule has 2 fully saturated rings. The van der Waals surface area contributed by atoms with Gasteiger partial charge in [0.25, 0.3) is 0 Å². The first-order chi connectivity index (χ1) is 10.1. The van der Waals surface area contributed by atoms with Gasteiger partial charge in [-0.1, -0.05) is 40.9 Å². The molecule has 1 N–H and O–H groups in total. The second-order valence-electron chi connectivity index (χ2n) is 6.44. The van der Waals surface area contributed by atoms with E-state index >= 15 is 0 Å². The standard InChI is InChI=1S/C17H22BrNO2/c18-15-6-4-13(5-7-15)11-16(20)19-10-9-17(21)8-2-1-3-14(17)12-19/h4-7,14,21H,1-3,8-12H2. The average Bonchev–Trinajstić information content (AvgIpc) is 2.48. The second kappa shape index (κ2) is 6.09. The van der Waals surface area contributed by atoms with Crippen molar-refractivity contribution in [3.8, 4) is 0 Å². The van der Waals surface area contributed by atoms with Gasteiger partial charge in [-0.25, -0.2) is 0 Å². The fraction of sp³-hybridized carbons (Fsp3) is 0.588. The minimum absolute atomic E-state index is 0.185. The van der Waals surface area contributed by atoms with Crippen LogP contribution in [0.15, 0.2) is 28.7 Å². The molecule has 1 aromatic carbocycles. The molecular formula is C17H22BrNO2. The normalized spacial score (nSPS) is 29.0. The molecule has 1 saturated carbocycles. The zero-order valence-corrected chi connectivity index (χ0v) is 13.8. The summed E-state index contributed by atoms with van der Waals surface area (Å²) >= 11 is 3.41. The fourth-order valence-corrected chi connectivity index (χ4v) is 3.95. The number of nitrogens with zero attached hydrogens (tertiary/aromatic N) is 1. The molecule has 3 rings (SSSR count). The summed E-state index contributed by atoms with van der Waals surface area (Å²) in [7, 11) is 0. The molecule has 2 atom stereocenters. The molecule has 3 nitrogen and oxygen atoms in total. The van der Waals surface area contributed by atoms with Crippen LogP contribution in [0, 0.1) is 5.92 Å². The van der Waals surface area contributed by atoms with E-state index in [2.05, 4.69) is 15.9 Å². The van der Waals surface area contributed by atoms with Crippen LogP contribution in [0.5, 0.6) is 0 Å². The lowest BCUT2D eigenvalue weighted by atomic mass is 9.71. The summed E-state index contributed by atoms with van der Waals surface area (Å²) in [6.07, 6.45) is 5.47. The number of amides is 1. The van der Waals surface area contributed by atoms with E-state index < -0.39 is 5.60 Å². The van der Waals surface area contributed by atoms with Crippen LogP contribution < -0.4 is 0 Å².